The van der Waals surface area contributed by atoms with E-state index in [9.17, 15) is 8.78 Å². The van der Waals surface area contributed by atoms with Gasteiger partial charge in [-0.05, 0) is 53.2 Å². The fourth-order valence-corrected chi connectivity index (χ4v) is 2.55. The first-order chi connectivity index (χ1) is 8.13. The molecule has 1 aromatic rings. The Morgan fingerprint density at radius 2 is 2.12 bits per heavy atom. The van der Waals surface area contributed by atoms with Gasteiger partial charge in [0.15, 0.2) is 0 Å². The molecule has 5 heteroatoms. The second-order valence-corrected chi connectivity index (χ2v) is 5.34. The van der Waals surface area contributed by atoms with Crippen molar-refractivity contribution in [1.29, 1.82) is 0 Å². The summed E-state index contributed by atoms with van der Waals surface area (Å²) in [6.07, 6.45) is 3.61. The largest absolute Gasteiger partial charge is 0.271 e. The van der Waals surface area contributed by atoms with Crippen LogP contribution in [0, 0.1) is 17.6 Å². The smallest absolute Gasteiger partial charge is 0.143 e. The molecule has 0 bridgehead atoms. The molecule has 1 fully saturated rings. The maximum Gasteiger partial charge on any atom is 0.143 e. The van der Waals surface area contributed by atoms with Crippen molar-refractivity contribution in [3.05, 3.63) is 33.8 Å². The third-order valence-corrected chi connectivity index (χ3v) is 4.11. The van der Waals surface area contributed by atoms with Gasteiger partial charge in [-0.25, -0.2) is 8.78 Å². The molecule has 1 atom stereocenters. The molecule has 2 nitrogen and oxygen atoms in total. The summed E-state index contributed by atoms with van der Waals surface area (Å²) in [4.78, 5) is 0. The lowest BCUT2D eigenvalue weighted by Gasteiger charge is -2.33. The second kappa shape index (κ2) is 5.42. The van der Waals surface area contributed by atoms with Gasteiger partial charge in [-0.2, -0.15) is 0 Å². The Morgan fingerprint density at radius 1 is 1.41 bits per heavy atom. The minimum atomic E-state index is -0.524. The van der Waals surface area contributed by atoms with E-state index < -0.39 is 11.6 Å². The van der Waals surface area contributed by atoms with E-state index in [1.807, 2.05) is 0 Å². The third kappa shape index (κ3) is 2.67. The summed E-state index contributed by atoms with van der Waals surface area (Å²) in [5.41, 5.74) is 2.78. The topological polar surface area (TPSA) is 38.0 Å². The maximum absolute atomic E-state index is 13.8. The molecule has 94 valence electrons. The molecule has 17 heavy (non-hydrogen) atoms. The first-order valence-electron chi connectivity index (χ1n) is 5.72. The fourth-order valence-electron chi connectivity index (χ4n) is 2.18. The molecule has 0 spiro atoms. The van der Waals surface area contributed by atoms with Crippen LogP contribution in [0.3, 0.4) is 0 Å². The van der Waals surface area contributed by atoms with Gasteiger partial charge in [-0.1, -0.05) is 6.42 Å². The van der Waals surface area contributed by atoms with Crippen LogP contribution >= 0.6 is 15.9 Å². The molecule has 0 amide bonds. The van der Waals surface area contributed by atoms with E-state index in [0.717, 1.165) is 12.8 Å². The van der Waals surface area contributed by atoms with Crippen molar-refractivity contribution in [1.82, 2.24) is 5.43 Å². The highest BCUT2D eigenvalue weighted by molar-refractivity contribution is 9.10. The lowest BCUT2D eigenvalue weighted by atomic mass is 9.78. The van der Waals surface area contributed by atoms with E-state index in [2.05, 4.69) is 21.4 Å². The van der Waals surface area contributed by atoms with Crippen LogP contribution < -0.4 is 11.3 Å². The van der Waals surface area contributed by atoms with E-state index in [-0.39, 0.29) is 18.0 Å². The highest BCUT2D eigenvalue weighted by Gasteiger charge is 2.28. The van der Waals surface area contributed by atoms with Crippen molar-refractivity contribution in [3.8, 4) is 0 Å². The first kappa shape index (κ1) is 12.9. The molecule has 0 radical (unpaired) electrons. The summed E-state index contributed by atoms with van der Waals surface area (Å²) in [5.74, 6) is 4.86. The molecule has 0 heterocycles. The van der Waals surface area contributed by atoms with Crippen molar-refractivity contribution < 1.29 is 8.78 Å². The number of hydrogen-bond donors (Lipinski definition) is 2. The number of nitrogens with two attached hydrogens (primary N) is 1. The van der Waals surface area contributed by atoms with Crippen LogP contribution in [0.25, 0.3) is 0 Å². The van der Waals surface area contributed by atoms with Crippen LogP contribution in [0.15, 0.2) is 16.6 Å². The SMILES string of the molecule is NNC(Cc1c(F)ccc(Br)c1F)C1CCC1. The van der Waals surface area contributed by atoms with E-state index in [4.69, 9.17) is 5.84 Å². The van der Waals surface area contributed by atoms with Crippen molar-refractivity contribution >= 4 is 15.9 Å². The van der Waals surface area contributed by atoms with Gasteiger partial charge in [0.25, 0.3) is 0 Å². The Bertz CT molecular complexity index is 408. The Balaban J connectivity index is 2.18. The molecule has 0 aliphatic heterocycles. The number of nitrogens with one attached hydrogen (secondary N) is 1. The number of hydrogen-bond acceptors (Lipinski definition) is 2. The highest BCUT2D eigenvalue weighted by atomic mass is 79.9. The van der Waals surface area contributed by atoms with Crippen molar-refractivity contribution in [3.63, 3.8) is 0 Å². The number of benzene rings is 1. The van der Waals surface area contributed by atoms with Crippen LogP contribution in [0.2, 0.25) is 0 Å². The summed E-state index contributed by atoms with van der Waals surface area (Å²) >= 11 is 3.07. The molecule has 1 aliphatic carbocycles. The lowest BCUT2D eigenvalue weighted by Crippen LogP contribution is -2.45. The average Bonchev–Trinajstić information content (AvgIpc) is 2.25. The Morgan fingerprint density at radius 3 is 2.65 bits per heavy atom. The molecule has 2 rings (SSSR count). The van der Waals surface area contributed by atoms with Gasteiger partial charge in [-0.15, -0.1) is 0 Å². The molecular formula is C12H15BrF2N2. The zero-order chi connectivity index (χ0) is 12.4. The van der Waals surface area contributed by atoms with Gasteiger partial charge in [0.05, 0.1) is 4.47 Å². The second-order valence-electron chi connectivity index (χ2n) is 4.49. The summed E-state index contributed by atoms with van der Waals surface area (Å²) < 4.78 is 27.7. The van der Waals surface area contributed by atoms with E-state index in [0.29, 0.717) is 10.4 Å². The van der Waals surface area contributed by atoms with E-state index >= 15 is 0 Å². The Hall–Kier alpha value is -0.520. The monoisotopic (exact) mass is 304 g/mol. The van der Waals surface area contributed by atoms with E-state index in [1.165, 1.54) is 18.6 Å². The molecule has 1 aromatic carbocycles. The predicted octanol–water partition coefficient (Wildman–Crippen LogP) is 2.90. The van der Waals surface area contributed by atoms with Crippen LogP contribution in [0.1, 0.15) is 24.8 Å². The quantitative estimate of drug-likeness (QED) is 0.510. The van der Waals surface area contributed by atoms with Gasteiger partial charge in [-0.3, -0.25) is 11.3 Å². The molecule has 0 aromatic heterocycles. The average molecular weight is 305 g/mol. The Kier molecular flexibility index (Phi) is 4.12. The maximum atomic E-state index is 13.8. The van der Waals surface area contributed by atoms with Crippen LogP contribution in [0.5, 0.6) is 0 Å². The fraction of sp³-hybridized carbons (Fsp3) is 0.500. The van der Waals surface area contributed by atoms with Crippen LogP contribution in [-0.2, 0) is 6.42 Å². The van der Waals surface area contributed by atoms with Crippen molar-refractivity contribution in [2.24, 2.45) is 11.8 Å². The number of rotatable bonds is 4. The summed E-state index contributed by atoms with van der Waals surface area (Å²) in [7, 11) is 0. The standard InChI is InChI=1S/C12H15BrF2N2/c13-9-4-5-10(14)8(12(9)15)6-11(17-16)7-2-1-3-7/h4-5,7,11,17H,1-3,6,16H2. The van der Waals surface area contributed by atoms with Crippen LogP contribution in [-0.4, -0.2) is 6.04 Å². The predicted molar refractivity (Wildman–Crippen MR) is 66.2 cm³/mol. The van der Waals surface area contributed by atoms with Gasteiger partial charge in [0.1, 0.15) is 11.6 Å². The van der Waals surface area contributed by atoms with Crippen molar-refractivity contribution in [2.45, 2.75) is 31.7 Å². The van der Waals surface area contributed by atoms with Gasteiger partial charge in [0.2, 0.25) is 0 Å². The summed E-state index contributed by atoms with van der Waals surface area (Å²) in [6.45, 7) is 0. The highest BCUT2D eigenvalue weighted by Crippen LogP contribution is 2.32. The zero-order valence-electron chi connectivity index (χ0n) is 9.35. The number of hydrazine groups is 1. The number of halogens is 3. The molecule has 1 saturated carbocycles. The van der Waals surface area contributed by atoms with Gasteiger partial charge in [0, 0.05) is 11.6 Å². The van der Waals surface area contributed by atoms with Gasteiger partial charge >= 0.3 is 0 Å². The lowest BCUT2D eigenvalue weighted by molar-refractivity contribution is 0.226. The minimum Gasteiger partial charge on any atom is -0.271 e. The minimum absolute atomic E-state index is 0.0537. The van der Waals surface area contributed by atoms with E-state index in [1.54, 1.807) is 0 Å². The van der Waals surface area contributed by atoms with Crippen molar-refractivity contribution in [2.75, 3.05) is 0 Å². The van der Waals surface area contributed by atoms with Gasteiger partial charge < -0.3 is 0 Å². The molecule has 1 aliphatic rings. The normalized spacial score (nSPS) is 17.9. The summed E-state index contributed by atoms with van der Waals surface area (Å²) in [6, 6.07) is 2.60. The molecular weight excluding hydrogens is 290 g/mol. The summed E-state index contributed by atoms with van der Waals surface area (Å²) in [5, 5.41) is 0. The first-order valence-corrected chi connectivity index (χ1v) is 6.51. The molecule has 0 saturated heterocycles. The molecule has 1 unspecified atom stereocenters. The molecule has 3 N–H and O–H groups in total. The third-order valence-electron chi connectivity index (χ3n) is 3.50. The van der Waals surface area contributed by atoms with Crippen LogP contribution in [0.4, 0.5) is 8.78 Å². The zero-order valence-corrected chi connectivity index (χ0v) is 10.9. The Labute approximate surface area is 108 Å².